The predicted molar refractivity (Wildman–Crippen MR) is 109 cm³/mol. The van der Waals surface area contributed by atoms with E-state index in [0.29, 0.717) is 40.0 Å². The molecule has 0 fully saturated rings. The first-order valence-corrected chi connectivity index (χ1v) is 9.15. The highest BCUT2D eigenvalue weighted by Gasteiger charge is 2.22. The average molecular weight is 396 g/mol. The van der Waals surface area contributed by atoms with Gasteiger partial charge in [0.1, 0.15) is 16.2 Å². The number of rotatable bonds is 4. The zero-order valence-electron chi connectivity index (χ0n) is 16.1. The van der Waals surface area contributed by atoms with Crippen molar-refractivity contribution in [2.45, 2.75) is 13.3 Å². The molecule has 6 nitrogen and oxygen atoms in total. The fourth-order valence-electron chi connectivity index (χ4n) is 3.32. The standard InChI is InChI=1S/C21H20N2O4S/c1-11-5-6-15-12(7-11)8-14-20(27-15)22-19(23-21(14)28)13-9-16(24-2)18(26-4)17(10-13)25-3/h5-7,9-10H,8H2,1-4H3,(H,22,23,28). The van der Waals surface area contributed by atoms with Crippen LogP contribution >= 0.6 is 12.2 Å². The van der Waals surface area contributed by atoms with E-state index in [1.54, 1.807) is 21.3 Å². The number of ether oxygens (including phenoxy) is 4. The van der Waals surface area contributed by atoms with Crippen LogP contribution in [0.3, 0.4) is 0 Å². The van der Waals surface area contributed by atoms with E-state index in [9.17, 15) is 0 Å². The molecule has 4 rings (SSSR count). The topological polar surface area (TPSA) is 65.6 Å². The van der Waals surface area contributed by atoms with E-state index in [-0.39, 0.29) is 0 Å². The van der Waals surface area contributed by atoms with Gasteiger partial charge in [0.2, 0.25) is 11.6 Å². The van der Waals surface area contributed by atoms with Crippen LogP contribution in [0, 0.1) is 11.6 Å². The summed E-state index contributed by atoms with van der Waals surface area (Å²) in [5.74, 6) is 3.60. The third-order valence-electron chi connectivity index (χ3n) is 4.71. The Bertz CT molecular complexity index is 1100. The zero-order chi connectivity index (χ0) is 19.8. The maximum Gasteiger partial charge on any atom is 0.205 e. The van der Waals surface area contributed by atoms with Crippen molar-refractivity contribution in [2.24, 2.45) is 0 Å². The molecule has 7 heteroatoms. The number of nitrogens with one attached hydrogen (secondary N) is 1. The Kier molecular flexibility index (Phi) is 4.68. The summed E-state index contributed by atoms with van der Waals surface area (Å²) in [4.78, 5) is 7.85. The molecular formula is C21H20N2O4S. The Morgan fingerprint density at radius 3 is 2.39 bits per heavy atom. The molecule has 0 spiro atoms. The summed E-state index contributed by atoms with van der Waals surface area (Å²) in [5.41, 5.74) is 3.92. The van der Waals surface area contributed by atoms with Gasteiger partial charge in [0.15, 0.2) is 11.5 Å². The van der Waals surface area contributed by atoms with Gasteiger partial charge in [-0.2, -0.15) is 0 Å². The predicted octanol–water partition coefficient (Wildman–Crippen LogP) is 4.84. The molecule has 0 saturated heterocycles. The monoisotopic (exact) mass is 396 g/mol. The fraction of sp³-hybridized carbons (Fsp3) is 0.238. The molecule has 0 aliphatic carbocycles. The van der Waals surface area contributed by atoms with Gasteiger partial charge in [0.05, 0.1) is 26.9 Å². The molecule has 0 unspecified atom stereocenters. The molecule has 1 N–H and O–H groups in total. The Balaban J connectivity index is 1.82. The second-order valence-corrected chi connectivity index (χ2v) is 6.89. The van der Waals surface area contributed by atoms with Crippen molar-refractivity contribution < 1.29 is 18.9 Å². The number of hydrogen-bond acceptors (Lipinski definition) is 6. The summed E-state index contributed by atoms with van der Waals surface area (Å²) in [7, 11) is 4.72. The van der Waals surface area contributed by atoms with Crippen molar-refractivity contribution in [3.8, 4) is 40.3 Å². The van der Waals surface area contributed by atoms with Gasteiger partial charge in [-0.15, -0.1) is 0 Å². The van der Waals surface area contributed by atoms with E-state index >= 15 is 0 Å². The number of nitrogens with zero attached hydrogens (tertiary/aromatic N) is 1. The van der Waals surface area contributed by atoms with Crippen LogP contribution in [0.5, 0.6) is 28.9 Å². The van der Waals surface area contributed by atoms with E-state index in [2.05, 4.69) is 23.0 Å². The van der Waals surface area contributed by atoms with Gasteiger partial charge in [-0.25, -0.2) is 4.98 Å². The summed E-state index contributed by atoms with van der Waals surface area (Å²) < 4.78 is 22.8. The van der Waals surface area contributed by atoms with E-state index in [1.807, 2.05) is 24.3 Å². The molecule has 144 valence electrons. The second kappa shape index (κ2) is 7.16. The lowest BCUT2D eigenvalue weighted by molar-refractivity contribution is 0.324. The Morgan fingerprint density at radius 1 is 1.04 bits per heavy atom. The van der Waals surface area contributed by atoms with Crippen molar-refractivity contribution >= 4 is 12.2 Å². The highest BCUT2D eigenvalue weighted by Crippen LogP contribution is 2.42. The molecule has 1 aliphatic heterocycles. The van der Waals surface area contributed by atoms with Crippen molar-refractivity contribution in [1.82, 2.24) is 9.97 Å². The van der Waals surface area contributed by atoms with E-state index in [4.69, 9.17) is 31.2 Å². The summed E-state index contributed by atoms with van der Waals surface area (Å²) in [6.07, 6.45) is 0.685. The third kappa shape index (κ3) is 3.07. The van der Waals surface area contributed by atoms with Crippen LogP contribution in [0.2, 0.25) is 0 Å². The normalized spacial score (nSPS) is 11.9. The average Bonchev–Trinajstić information content (AvgIpc) is 2.71. The first kappa shape index (κ1) is 18.3. The van der Waals surface area contributed by atoms with Crippen LogP contribution in [0.1, 0.15) is 16.7 Å². The largest absolute Gasteiger partial charge is 0.493 e. The van der Waals surface area contributed by atoms with E-state index < -0.39 is 0 Å². The Hall–Kier alpha value is -3.06. The molecule has 1 aromatic heterocycles. The maximum absolute atomic E-state index is 6.08. The van der Waals surface area contributed by atoms with Crippen molar-refractivity contribution in [3.05, 3.63) is 51.7 Å². The maximum atomic E-state index is 6.08. The van der Waals surface area contributed by atoms with Crippen LogP contribution in [0.15, 0.2) is 30.3 Å². The molecule has 0 bridgehead atoms. The van der Waals surface area contributed by atoms with Gasteiger partial charge >= 0.3 is 0 Å². The minimum atomic E-state index is 0.504. The van der Waals surface area contributed by atoms with Gasteiger partial charge in [-0.05, 0) is 30.7 Å². The minimum absolute atomic E-state index is 0.504. The molecule has 2 aromatic carbocycles. The number of fused-ring (bicyclic) bond motifs is 2. The number of benzene rings is 2. The van der Waals surface area contributed by atoms with Gasteiger partial charge < -0.3 is 23.9 Å². The first-order chi connectivity index (χ1) is 13.5. The quantitative estimate of drug-likeness (QED) is 0.498. The highest BCUT2D eigenvalue weighted by molar-refractivity contribution is 7.71. The van der Waals surface area contributed by atoms with Gasteiger partial charge in [0, 0.05) is 12.0 Å². The van der Waals surface area contributed by atoms with Crippen molar-refractivity contribution in [3.63, 3.8) is 0 Å². The molecule has 2 heterocycles. The number of methoxy groups -OCH3 is 3. The molecule has 0 saturated carbocycles. The van der Waals surface area contributed by atoms with Crippen molar-refractivity contribution in [1.29, 1.82) is 0 Å². The molecule has 0 radical (unpaired) electrons. The Morgan fingerprint density at radius 2 is 1.75 bits per heavy atom. The molecule has 0 amide bonds. The number of H-pyrrole nitrogens is 1. The fourth-order valence-corrected chi connectivity index (χ4v) is 3.58. The van der Waals surface area contributed by atoms with Crippen LogP contribution in [0.25, 0.3) is 11.4 Å². The summed E-state index contributed by atoms with van der Waals surface area (Å²) in [6.45, 7) is 2.06. The number of aromatic nitrogens is 2. The van der Waals surface area contributed by atoms with Crippen LogP contribution in [-0.2, 0) is 6.42 Å². The lowest BCUT2D eigenvalue weighted by atomic mass is 10.0. The van der Waals surface area contributed by atoms with Gasteiger partial charge in [-0.1, -0.05) is 29.9 Å². The van der Waals surface area contributed by atoms with Crippen LogP contribution < -0.4 is 18.9 Å². The number of aromatic amines is 1. The molecule has 0 atom stereocenters. The SMILES string of the molecule is COc1cc(-c2nc(=S)c3c([nH]2)Oc2ccc(C)cc2C3)cc(OC)c1OC. The lowest BCUT2D eigenvalue weighted by Gasteiger charge is -2.21. The second-order valence-electron chi connectivity index (χ2n) is 6.50. The number of hydrogen-bond donors (Lipinski definition) is 1. The van der Waals surface area contributed by atoms with E-state index in [1.165, 1.54) is 5.56 Å². The zero-order valence-corrected chi connectivity index (χ0v) is 16.9. The summed E-state index contributed by atoms with van der Waals surface area (Å²) >= 11 is 5.56. The molecule has 28 heavy (non-hydrogen) atoms. The smallest absolute Gasteiger partial charge is 0.205 e. The summed E-state index contributed by atoms with van der Waals surface area (Å²) in [5, 5.41) is 0. The number of aryl methyl sites for hydroxylation is 1. The third-order valence-corrected chi connectivity index (χ3v) is 5.05. The van der Waals surface area contributed by atoms with Gasteiger partial charge in [-0.3, -0.25) is 0 Å². The van der Waals surface area contributed by atoms with Crippen molar-refractivity contribution in [2.75, 3.05) is 21.3 Å². The van der Waals surface area contributed by atoms with Crippen LogP contribution in [-0.4, -0.2) is 31.3 Å². The van der Waals surface area contributed by atoms with E-state index in [0.717, 1.165) is 22.4 Å². The van der Waals surface area contributed by atoms with Crippen LogP contribution in [0.4, 0.5) is 0 Å². The lowest BCUT2D eigenvalue weighted by Crippen LogP contribution is -2.08. The molecule has 1 aliphatic rings. The first-order valence-electron chi connectivity index (χ1n) is 8.75. The minimum Gasteiger partial charge on any atom is -0.493 e. The van der Waals surface area contributed by atoms with Gasteiger partial charge in [0.25, 0.3) is 0 Å². The summed E-state index contributed by atoms with van der Waals surface area (Å²) in [6, 6.07) is 9.76. The molecular weight excluding hydrogens is 376 g/mol. The molecule has 3 aromatic rings. The Labute approximate surface area is 168 Å². The highest BCUT2D eigenvalue weighted by atomic mass is 32.1.